The van der Waals surface area contributed by atoms with Gasteiger partial charge in [-0.2, -0.15) is 4.98 Å². The number of rotatable bonds is 7. The number of hydrogen-bond donors (Lipinski definition) is 2. The van der Waals surface area contributed by atoms with E-state index in [2.05, 4.69) is 36.6 Å². The first-order chi connectivity index (χ1) is 11.3. The number of methoxy groups -OCH3 is 1. The van der Waals surface area contributed by atoms with Gasteiger partial charge in [-0.3, -0.25) is 0 Å². The SMILES string of the molecule is COC(CNc1nccc(Nc2ccncn2)n1)c1cccs1. The number of hydrogen-bond acceptors (Lipinski definition) is 8. The molecule has 3 aromatic rings. The van der Waals surface area contributed by atoms with E-state index in [0.29, 0.717) is 24.1 Å². The molecule has 1 unspecified atom stereocenters. The molecule has 3 heterocycles. The van der Waals surface area contributed by atoms with Gasteiger partial charge in [0.2, 0.25) is 5.95 Å². The van der Waals surface area contributed by atoms with Gasteiger partial charge in [-0.05, 0) is 23.6 Å². The minimum absolute atomic E-state index is 0.0305. The normalized spacial score (nSPS) is 11.9. The van der Waals surface area contributed by atoms with Crippen LogP contribution in [0.3, 0.4) is 0 Å². The zero-order valence-corrected chi connectivity index (χ0v) is 13.3. The highest BCUT2D eigenvalue weighted by molar-refractivity contribution is 7.10. The van der Waals surface area contributed by atoms with Gasteiger partial charge in [0, 0.05) is 30.9 Å². The maximum atomic E-state index is 5.50. The first-order valence-corrected chi connectivity index (χ1v) is 7.89. The molecule has 0 aromatic carbocycles. The lowest BCUT2D eigenvalue weighted by atomic mass is 10.3. The molecule has 3 aromatic heterocycles. The Bertz CT molecular complexity index is 722. The summed E-state index contributed by atoms with van der Waals surface area (Å²) in [6.07, 6.45) is 4.80. The lowest BCUT2D eigenvalue weighted by Gasteiger charge is -2.14. The monoisotopic (exact) mass is 328 g/mol. The Morgan fingerprint density at radius 3 is 2.83 bits per heavy atom. The van der Waals surface area contributed by atoms with Crippen molar-refractivity contribution in [1.29, 1.82) is 0 Å². The Labute approximate surface area is 137 Å². The van der Waals surface area contributed by atoms with Crippen LogP contribution in [0.1, 0.15) is 11.0 Å². The Kier molecular flexibility index (Phi) is 5.07. The number of aromatic nitrogens is 4. The summed E-state index contributed by atoms with van der Waals surface area (Å²) >= 11 is 1.66. The molecule has 0 bridgehead atoms. The van der Waals surface area contributed by atoms with Gasteiger partial charge in [-0.1, -0.05) is 6.07 Å². The number of nitrogens with zero attached hydrogens (tertiary/aromatic N) is 4. The van der Waals surface area contributed by atoms with Crippen LogP contribution in [0.4, 0.5) is 17.6 Å². The van der Waals surface area contributed by atoms with E-state index in [1.165, 1.54) is 6.33 Å². The van der Waals surface area contributed by atoms with Gasteiger partial charge in [-0.15, -0.1) is 11.3 Å². The van der Waals surface area contributed by atoms with Crippen LogP contribution in [-0.4, -0.2) is 33.6 Å². The summed E-state index contributed by atoms with van der Waals surface area (Å²) in [5.74, 6) is 1.87. The third-order valence-electron chi connectivity index (χ3n) is 3.08. The van der Waals surface area contributed by atoms with Crippen molar-refractivity contribution in [2.24, 2.45) is 0 Å². The van der Waals surface area contributed by atoms with Crippen LogP contribution in [0, 0.1) is 0 Å². The minimum atomic E-state index is -0.0305. The molecule has 23 heavy (non-hydrogen) atoms. The summed E-state index contributed by atoms with van der Waals surface area (Å²) in [5, 5.41) is 8.33. The Balaban J connectivity index is 1.63. The van der Waals surface area contributed by atoms with E-state index >= 15 is 0 Å². The molecule has 0 aliphatic heterocycles. The quantitative estimate of drug-likeness (QED) is 0.690. The number of anilines is 3. The maximum absolute atomic E-state index is 5.50. The van der Waals surface area contributed by atoms with Crippen molar-refractivity contribution >= 4 is 28.9 Å². The molecular formula is C15H16N6OS. The van der Waals surface area contributed by atoms with Gasteiger partial charge in [0.25, 0.3) is 0 Å². The van der Waals surface area contributed by atoms with Crippen molar-refractivity contribution in [3.63, 3.8) is 0 Å². The minimum Gasteiger partial charge on any atom is -0.374 e. The van der Waals surface area contributed by atoms with Gasteiger partial charge in [-0.25, -0.2) is 15.0 Å². The van der Waals surface area contributed by atoms with E-state index in [-0.39, 0.29) is 6.10 Å². The zero-order chi connectivity index (χ0) is 15.9. The topological polar surface area (TPSA) is 84.9 Å². The maximum Gasteiger partial charge on any atom is 0.224 e. The smallest absolute Gasteiger partial charge is 0.224 e. The van der Waals surface area contributed by atoms with Crippen LogP contribution in [-0.2, 0) is 4.74 Å². The van der Waals surface area contributed by atoms with Crippen molar-refractivity contribution in [2.45, 2.75) is 6.10 Å². The highest BCUT2D eigenvalue weighted by Crippen LogP contribution is 2.22. The molecule has 0 fully saturated rings. The van der Waals surface area contributed by atoms with Gasteiger partial charge in [0.15, 0.2) is 0 Å². The average Bonchev–Trinajstić information content (AvgIpc) is 3.11. The van der Waals surface area contributed by atoms with E-state index < -0.39 is 0 Å². The third-order valence-corrected chi connectivity index (χ3v) is 4.05. The fourth-order valence-electron chi connectivity index (χ4n) is 1.97. The Morgan fingerprint density at radius 1 is 1.17 bits per heavy atom. The van der Waals surface area contributed by atoms with Crippen LogP contribution in [0.5, 0.6) is 0 Å². The van der Waals surface area contributed by atoms with Gasteiger partial charge in [0.05, 0.1) is 0 Å². The fraction of sp³-hybridized carbons (Fsp3) is 0.200. The van der Waals surface area contributed by atoms with Crippen LogP contribution < -0.4 is 10.6 Å². The van der Waals surface area contributed by atoms with Crippen LogP contribution in [0.15, 0.2) is 48.4 Å². The predicted molar refractivity (Wildman–Crippen MR) is 89.9 cm³/mol. The van der Waals surface area contributed by atoms with Gasteiger partial charge in [0.1, 0.15) is 24.1 Å². The molecule has 118 valence electrons. The average molecular weight is 328 g/mol. The van der Waals surface area contributed by atoms with Crippen molar-refractivity contribution in [2.75, 3.05) is 24.3 Å². The molecular weight excluding hydrogens is 312 g/mol. The summed E-state index contributed by atoms with van der Waals surface area (Å²) in [7, 11) is 1.69. The van der Waals surface area contributed by atoms with Crippen LogP contribution >= 0.6 is 11.3 Å². The molecule has 7 nitrogen and oxygen atoms in total. The Hall–Kier alpha value is -2.58. The van der Waals surface area contributed by atoms with Crippen molar-refractivity contribution < 1.29 is 4.74 Å². The highest BCUT2D eigenvalue weighted by atomic mass is 32.1. The molecule has 0 aliphatic carbocycles. The summed E-state index contributed by atoms with van der Waals surface area (Å²) in [6, 6.07) is 7.61. The summed E-state index contributed by atoms with van der Waals surface area (Å²) < 4.78 is 5.50. The molecule has 0 spiro atoms. The molecule has 3 rings (SSSR count). The number of nitrogens with one attached hydrogen (secondary N) is 2. The first kappa shape index (κ1) is 15.3. The second-order valence-electron chi connectivity index (χ2n) is 4.61. The molecule has 1 atom stereocenters. The second kappa shape index (κ2) is 7.61. The summed E-state index contributed by atoms with van der Waals surface area (Å²) in [4.78, 5) is 17.8. The van der Waals surface area contributed by atoms with Crippen LogP contribution in [0.2, 0.25) is 0 Å². The summed E-state index contributed by atoms with van der Waals surface area (Å²) in [5.41, 5.74) is 0. The molecule has 0 radical (unpaired) electrons. The molecule has 8 heteroatoms. The zero-order valence-electron chi connectivity index (χ0n) is 12.5. The second-order valence-corrected chi connectivity index (χ2v) is 5.59. The number of ether oxygens (including phenoxy) is 1. The summed E-state index contributed by atoms with van der Waals surface area (Å²) in [6.45, 7) is 0.591. The van der Waals surface area contributed by atoms with Crippen molar-refractivity contribution in [3.8, 4) is 0 Å². The fourth-order valence-corrected chi connectivity index (χ4v) is 2.77. The molecule has 0 aliphatic rings. The molecule has 0 amide bonds. The first-order valence-electron chi connectivity index (χ1n) is 7.01. The molecule has 2 N–H and O–H groups in total. The van der Waals surface area contributed by atoms with Crippen molar-refractivity contribution in [3.05, 3.63) is 53.2 Å². The van der Waals surface area contributed by atoms with Gasteiger partial charge < -0.3 is 15.4 Å². The largest absolute Gasteiger partial charge is 0.374 e. The Morgan fingerprint density at radius 2 is 2.09 bits per heavy atom. The standard InChI is InChI=1S/C15H16N6OS/c1-22-11(12-3-2-8-23-12)9-18-15-17-7-5-14(21-15)20-13-4-6-16-10-19-13/h2-8,10-11H,9H2,1H3,(H2,16,17,18,19,20,21). The lowest BCUT2D eigenvalue weighted by Crippen LogP contribution is -2.15. The van der Waals surface area contributed by atoms with E-state index in [4.69, 9.17) is 4.74 Å². The highest BCUT2D eigenvalue weighted by Gasteiger charge is 2.12. The lowest BCUT2D eigenvalue weighted by molar-refractivity contribution is 0.117. The van der Waals surface area contributed by atoms with E-state index in [9.17, 15) is 0 Å². The molecule has 0 saturated heterocycles. The van der Waals surface area contributed by atoms with Crippen LogP contribution in [0.25, 0.3) is 0 Å². The predicted octanol–water partition coefficient (Wildman–Crippen LogP) is 2.87. The third kappa shape index (κ3) is 4.21. The van der Waals surface area contributed by atoms with E-state index in [0.717, 1.165) is 4.88 Å². The number of thiophene rings is 1. The molecule has 0 saturated carbocycles. The van der Waals surface area contributed by atoms with E-state index in [1.54, 1.807) is 43.0 Å². The van der Waals surface area contributed by atoms with Crippen molar-refractivity contribution in [1.82, 2.24) is 19.9 Å². The van der Waals surface area contributed by atoms with Gasteiger partial charge >= 0.3 is 0 Å². The van der Waals surface area contributed by atoms with E-state index in [1.807, 2.05) is 11.4 Å².